The summed E-state index contributed by atoms with van der Waals surface area (Å²) in [5, 5.41) is 1.18. The Balaban J connectivity index is 2.09. The van der Waals surface area contributed by atoms with Crippen molar-refractivity contribution in [2.75, 3.05) is 11.4 Å². The first-order valence-corrected chi connectivity index (χ1v) is 7.19. The minimum Gasteiger partial charge on any atom is -0.354 e. The zero-order valence-electron chi connectivity index (χ0n) is 11.5. The van der Waals surface area contributed by atoms with Crippen LogP contribution in [-0.4, -0.2) is 17.6 Å². The summed E-state index contributed by atoms with van der Waals surface area (Å²) in [7, 11) is 0. The lowest BCUT2D eigenvalue weighted by molar-refractivity contribution is 0.641. The van der Waals surface area contributed by atoms with Crippen molar-refractivity contribution < 1.29 is 0 Å². The van der Waals surface area contributed by atoms with Gasteiger partial charge in [-0.3, -0.25) is 0 Å². The summed E-state index contributed by atoms with van der Waals surface area (Å²) in [6, 6.07) is 11.1. The lowest BCUT2D eigenvalue weighted by atomic mass is 10.1. The van der Waals surface area contributed by atoms with Gasteiger partial charge in [0.05, 0.1) is 5.52 Å². The summed E-state index contributed by atoms with van der Waals surface area (Å²) in [5.41, 5.74) is 8.16. The Hall–Kier alpha value is -1.61. The molecule has 0 saturated carbocycles. The number of hydrogen-bond acceptors (Lipinski definition) is 3. The van der Waals surface area contributed by atoms with Crippen LogP contribution in [0.1, 0.15) is 31.7 Å². The standard InChI is InChI=1S/C16H21N3/c1-2-13-6-5-9-19(13)16-10-12(11-17)14-7-3-4-8-15(14)18-16/h3-4,7-8,10,13H,2,5-6,9,11,17H2,1H3. The van der Waals surface area contributed by atoms with Crippen LogP contribution in [0.4, 0.5) is 5.82 Å². The van der Waals surface area contributed by atoms with E-state index in [0.29, 0.717) is 12.6 Å². The molecule has 1 fully saturated rings. The van der Waals surface area contributed by atoms with Gasteiger partial charge in [0.15, 0.2) is 0 Å². The molecule has 1 aromatic heterocycles. The highest BCUT2D eigenvalue weighted by Gasteiger charge is 2.24. The first-order chi connectivity index (χ1) is 9.33. The third-order valence-corrected chi connectivity index (χ3v) is 4.15. The molecule has 1 unspecified atom stereocenters. The number of rotatable bonds is 3. The fraction of sp³-hybridized carbons (Fsp3) is 0.438. The molecule has 3 rings (SSSR count). The highest BCUT2D eigenvalue weighted by atomic mass is 15.2. The Morgan fingerprint density at radius 1 is 1.37 bits per heavy atom. The van der Waals surface area contributed by atoms with Crippen LogP contribution >= 0.6 is 0 Å². The molecule has 2 aromatic rings. The van der Waals surface area contributed by atoms with Gasteiger partial charge in [-0.25, -0.2) is 4.98 Å². The van der Waals surface area contributed by atoms with Crippen LogP contribution in [0.2, 0.25) is 0 Å². The summed E-state index contributed by atoms with van der Waals surface area (Å²) in [4.78, 5) is 7.28. The molecule has 3 nitrogen and oxygen atoms in total. The van der Waals surface area contributed by atoms with Gasteiger partial charge in [0.2, 0.25) is 0 Å². The number of benzene rings is 1. The van der Waals surface area contributed by atoms with E-state index in [-0.39, 0.29) is 0 Å². The lowest BCUT2D eigenvalue weighted by Gasteiger charge is -2.25. The Kier molecular flexibility index (Phi) is 3.38. The predicted molar refractivity (Wildman–Crippen MR) is 80.3 cm³/mol. The molecule has 1 aliphatic heterocycles. The second kappa shape index (κ2) is 5.17. The SMILES string of the molecule is CCC1CCCN1c1cc(CN)c2ccccc2n1. The molecule has 0 radical (unpaired) electrons. The van der Waals surface area contributed by atoms with Gasteiger partial charge in [-0.15, -0.1) is 0 Å². The molecule has 1 saturated heterocycles. The monoisotopic (exact) mass is 255 g/mol. The van der Waals surface area contributed by atoms with Gasteiger partial charge in [0.25, 0.3) is 0 Å². The van der Waals surface area contributed by atoms with E-state index in [9.17, 15) is 0 Å². The summed E-state index contributed by atoms with van der Waals surface area (Å²) in [6.07, 6.45) is 3.74. The maximum atomic E-state index is 5.90. The summed E-state index contributed by atoms with van der Waals surface area (Å²) in [6.45, 7) is 3.95. The zero-order valence-corrected chi connectivity index (χ0v) is 11.5. The van der Waals surface area contributed by atoms with Gasteiger partial charge in [-0.2, -0.15) is 0 Å². The number of hydrogen-bond donors (Lipinski definition) is 1. The van der Waals surface area contributed by atoms with Gasteiger partial charge in [0, 0.05) is 24.5 Å². The molecular weight excluding hydrogens is 234 g/mol. The highest BCUT2D eigenvalue weighted by Crippen LogP contribution is 2.29. The molecule has 1 aromatic carbocycles. The van der Waals surface area contributed by atoms with E-state index in [2.05, 4.69) is 30.0 Å². The molecule has 0 bridgehead atoms. The largest absolute Gasteiger partial charge is 0.354 e. The van der Waals surface area contributed by atoms with Gasteiger partial charge < -0.3 is 10.6 Å². The van der Waals surface area contributed by atoms with Crippen molar-refractivity contribution in [2.45, 2.75) is 38.8 Å². The molecule has 19 heavy (non-hydrogen) atoms. The average Bonchev–Trinajstić information content (AvgIpc) is 2.94. The molecule has 1 aliphatic rings. The molecular formula is C16H21N3. The fourth-order valence-corrected chi connectivity index (χ4v) is 3.11. The van der Waals surface area contributed by atoms with Crippen LogP contribution in [0.3, 0.4) is 0 Å². The quantitative estimate of drug-likeness (QED) is 0.916. The topological polar surface area (TPSA) is 42.1 Å². The predicted octanol–water partition coefficient (Wildman–Crippen LogP) is 3.07. The van der Waals surface area contributed by atoms with Gasteiger partial charge in [-0.1, -0.05) is 25.1 Å². The summed E-state index contributed by atoms with van der Waals surface area (Å²) < 4.78 is 0. The van der Waals surface area contributed by atoms with E-state index >= 15 is 0 Å². The maximum absolute atomic E-state index is 5.90. The summed E-state index contributed by atoms with van der Waals surface area (Å²) >= 11 is 0. The number of aromatic nitrogens is 1. The molecule has 2 heterocycles. The molecule has 1 atom stereocenters. The minimum absolute atomic E-state index is 0.570. The Bertz CT molecular complexity index is 579. The van der Waals surface area contributed by atoms with Crippen molar-refractivity contribution in [3.63, 3.8) is 0 Å². The van der Waals surface area contributed by atoms with Crippen LogP contribution in [0, 0.1) is 0 Å². The van der Waals surface area contributed by atoms with E-state index in [4.69, 9.17) is 10.7 Å². The Morgan fingerprint density at radius 2 is 2.21 bits per heavy atom. The molecule has 0 amide bonds. The van der Waals surface area contributed by atoms with Gasteiger partial charge in [0.1, 0.15) is 5.82 Å². The Labute approximate surface area is 114 Å². The molecule has 0 spiro atoms. The van der Waals surface area contributed by atoms with Crippen molar-refractivity contribution in [1.82, 2.24) is 4.98 Å². The van der Waals surface area contributed by atoms with E-state index in [1.807, 2.05) is 12.1 Å². The fourth-order valence-electron chi connectivity index (χ4n) is 3.11. The lowest BCUT2D eigenvalue weighted by Crippen LogP contribution is -2.29. The molecule has 2 N–H and O–H groups in total. The second-order valence-electron chi connectivity index (χ2n) is 5.26. The van der Waals surface area contributed by atoms with Crippen molar-refractivity contribution in [3.05, 3.63) is 35.9 Å². The first kappa shape index (κ1) is 12.4. The van der Waals surface area contributed by atoms with Gasteiger partial charge >= 0.3 is 0 Å². The number of anilines is 1. The maximum Gasteiger partial charge on any atom is 0.129 e. The minimum atomic E-state index is 0.570. The van der Waals surface area contributed by atoms with Crippen molar-refractivity contribution in [2.24, 2.45) is 5.73 Å². The third kappa shape index (κ3) is 2.19. The van der Waals surface area contributed by atoms with Crippen LogP contribution < -0.4 is 10.6 Å². The summed E-state index contributed by atoms with van der Waals surface area (Å²) in [5.74, 6) is 1.10. The zero-order chi connectivity index (χ0) is 13.2. The van der Waals surface area contributed by atoms with Crippen molar-refractivity contribution in [3.8, 4) is 0 Å². The molecule has 3 heteroatoms. The normalized spacial score (nSPS) is 19.3. The Morgan fingerprint density at radius 3 is 3.00 bits per heavy atom. The number of fused-ring (bicyclic) bond motifs is 1. The average molecular weight is 255 g/mol. The first-order valence-electron chi connectivity index (χ1n) is 7.19. The number of nitrogens with zero attached hydrogens (tertiary/aromatic N) is 2. The van der Waals surface area contributed by atoms with Crippen molar-refractivity contribution in [1.29, 1.82) is 0 Å². The molecule has 100 valence electrons. The van der Waals surface area contributed by atoms with Crippen LogP contribution in [0.15, 0.2) is 30.3 Å². The molecule has 0 aliphatic carbocycles. The van der Waals surface area contributed by atoms with E-state index in [1.54, 1.807) is 0 Å². The number of para-hydroxylation sites is 1. The van der Waals surface area contributed by atoms with Gasteiger partial charge in [-0.05, 0) is 37.0 Å². The number of pyridine rings is 1. The van der Waals surface area contributed by atoms with Crippen LogP contribution in [0.25, 0.3) is 10.9 Å². The van der Waals surface area contributed by atoms with E-state index in [0.717, 1.165) is 17.9 Å². The third-order valence-electron chi connectivity index (χ3n) is 4.15. The number of nitrogens with two attached hydrogens (primary N) is 1. The second-order valence-corrected chi connectivity index (χ2v) is 5.26. The van der Waals surface area contributed by atoms with E-state index < -0.39 is 0 Å². The smallest absolute Gasteiger partial charge is 0.129 e. The van der Waals surface area contributed by atoms with Crippen LogP contribution in [-0.2, 0) is 6.54 Å². The van der Waals surface area contributed by atoms with E-state index in [1.165, 1.54) is 30.2 Å². The highest BCUT2D eigenvalue weighted by molar-refractivity contribution is 5.84. The van der Waals surface area contributed by atoms with Crippen molar-refractivity contribution >= 4 is 16.7 Å². The van der Waals surface area contributed by atoms with Crippen LogP contribution in [0.5, 0.6) is 0 Å².